The zero-order chi connectivity index (χ0) is 13.6. The number of benzene rings is 1. The number of hydrogen-bond donors (Lipinski definition) is 3. The first-order chi connectivity index (χ1) is 9.43. The van der Waals surface area contributed by atoms with E-state index in [9.17, 15) is 0 Å². The normalized spacial score (nSPS) is 10.8. The van der Waals surface area contributed by atoms with Crippen LogP contribution >= 0.6 is 0 Å². The van der Waals surface area contributed by atoms with Gasteiger partial charge in [-0.25, -0.2) is 0 Å². The maximum atomic E-state index is 3.50. The van der Waals surface area contributed by atoms with Gasteiger partial charge in [0.2, 0.25) is 0 Å². The van der Waals surface area contributed by atoms with Gasteiger partial charge in [0, 0.05) is 13.1 Å². The molecule has 0 fully saturated rings. The lowest BCUT2D eigenvalue weighted by Crippen LogP contribution is -2.29. The van der Waals surface area contributed by atoms with E-state index in [1.165, 1.54) is 44.1 Å². The number of hydrazine groups is 1. The van der Waals surface area contributed by atoms with Gasteiger partial charge >= 0.3 is 0 Å². The fourth-order valence-corrected chi connectivity index (χ4v) is 2.19. The Morgan fingerprint density at radius 3 is 2.11 bits per heavy atom. The molecule has 1 aromatic carbocycles. The standard InChI is InChI=1S/C15H26N3Si/c19-18-17-13-9-4-2-1-3-8-12-16-14-15-10-6-5-7-11-15/h5-7,10-11,16-18H,1-4,8-9,12-14H2. The van der Waals surface area contributed by atoms with Crippen molar-refractivity contribution >= 4 is 10.4 Å². The number of unbranched alkanes of at least 4 members (excludes halogenated alkanes) is 5. The highest BCUT2D eigenvalue weighted by Crippen LogP contribution is 2.04. The molecular weight excluding hydrogens is 250 g/mol. The lowest BCUT2D eigenvalue weighted by Gasteiger charge is -2.05. The van der Waals surface area contributed by atoms with E-state index < -0.39 is 0 Å². The summed E-state index contributed by atoms with van der Waals surface area (Å²) in [4.78, 5) is 0. The van der Waals surface area contributed by atoms with E-state index in [0.717, 1.165) is 19.6 Å². The van der Waals surface area contributed by atoms with Crippen molar-refractivity contribution < 1.29 is 0 Å². The Balaban J connectivity index is 1.79. The Hall–Kier alpha value is -0.683. The van der Waals surface area contributed by atoms with Crippen LogP contribution < -0.4 is 15.8 Å². The molecule has 19 heavy (non-hydrogen) atoms. The van der Waals surface area contributed by atoms with Crippen LogP contribution in [0.15, 0.2) is 30.3 Å². The minimum atomic E-state index is 0.992. The van der Waals surface area contributed by atoms with Crippen molar-refractivity contribution in [2.45, 2.75) is 45.1 Å². The second kappa shape index (κ2) is 12.4. The summed E-state index contributed by atoms with van der Waals surface area (Å²) in [6, 6.07) is 10.6. The smallest absolute Gasteiger partial charge is 0.161 e. The molecule has 1 rings (SSSR count). The van der Waals surface area contributed by atoms with E-state index in [1.807, 2.05) is 0 Å². The first kappa shape index (κ1) is 16.4. The van der Waals surface area contributed by atoms with Crippen molar-refractivity contribution in [3.05, 3.63) is 35.9 Å². The molecule has 0 saturated heterocycles. The molecule has 0 aliphatic heterocycles. The summed E-state index contributed by atoms with van der Waals surface area (Å²) < 4.78 is 0. The van der Waals surface area contributed by atoms with Gasteiger partial charge < -0.3 is 5.32 Å². The summed E-state index contributed by atoms with van der Waals surface area (Å²) in [5.41, 5.74) is 4.41. The topological polar surface area (TPSA) is 36.1 Å². The highest BCUT2D eigenvalue weighted by molar-refractivity contribution is 6.03. The van der Waals surface area contributed by atoms with Gasteiger partial charge in [0.1, 0.15) is 0 Å². The van der Waals surface area contributed by atoms with Crippen LogP contribution in [0.25, 0.3) is 0 Å². The zero-order valence-electron chi connectivity index (χ0n) is 11.8. The Bertz CT molecular complexity index is 293. The fraction of sp³-hybridized carbons (Fsp3) is 0.600. The lowest BCUT2D eigenvalue weighted by molar-refractivity contribution is 0.546. The summed E-state index contributed by atoms with van der Waals surface area (Å²) in [5.74, 6) is 0. The van der Waals surface area contributed by atoms with Gasteiger partial charge in [-0.3, -0.25) is 10.5 Å². The number of rotatable bonds is 12. The Kier molecular flexibility index (Phi) is 10.6. The van der Waals surface area contributed by atoms with Crippen LogP contribution in [-0.2, 0) is 6.54 Å². The lowest BCUT2D eigenvalue weighted by atomic mass is 10.1. The molecule has 4 heteroatoms. The zero-order valence-corrected chi connectivity index (χ0v) is 12.8. The first-order valence-electron chi connectivity index (χ1n) is 7.32. The van der Waals surface area contributed by atoms with E-state index in [1.54, 1.807) is 0 Å². The molecule has 1 aromatic rings. The van der Waals surface area contributed by atoms with E-state index in [4.69, 9.17) is 0 Å². The highest BCUT2D eigenvalue weighted by atomic mass is 28.2. The van der Waals surface area contributed by atoms with E-state index >= 15 is 0 Å². The quantitative estimate of drug-likeness (QED) is 0.311. The number of nitrogens with one attached hydrogen (secondary N) is 3. The highest BCUT2D eigenvalue weighted by Gasteiger charge is 1.93. The molecular formula is C15H26N3Si. The molecule has 0 bridgehead atoms. The second-order valence-corrected chi connectivity index (χ2v) is 5.09. The van der Waals surface area contributed by atoms with Gasteiger partial charge in [0.15, 0.2) is 10.4 Å². The molecule has 0 saturated carbocycles. The Morgan fingerprint density at radius 1 is 0.789 bits per heavy atom. The summed E-state index contributed by atoms with van der Waals surface area (Å²) >= 11 is 0. The van der Waals surface area contributed by atoms with Crippen molar-refractivity contribution in [3.8, 4) is 0 Å². The first-order valence-corrected chi connectivity index (χ1v) is 7.82. The van der Waals surface area contributed by atoms with Crippen LogP contribution in [0.1, 0.15) is 44.1 Å². The van der Waals surface area contributed by atoms with Crippen LogP contribution in [0.5, 0.6) is 0 Å². The molecule has 3 N–H and O–H groups in total. The SMILES string of the molecule is [Si]NNCCCCCCCCNCc1ccccc1. The van der Waals surface area contributed by atoms with E-state index in [0.29, 0.717) is 0 Å². The molecule has 0 aromatic heterocycles. The van der Waals surface area contributed by atoms with Crippen LogP contribution in [0.4, 0.5) is 0 Å². The predicted molar refractivity (Wildman–Crippen MR) is 82.7 cm³/mol. The molecule has 105 valence electrons. The van der Waals surface area contributed by atoms with Gasteiger partial charge in [-0.1, -0.05) is 56.0 Å². The van der Waals surface area contributed by atoms with E-state index in [2.05, 4.69) is 56.6 Å². The third kappa shape index (κ3) is 9.84. The van der Waals surface area contributed by atoms with Gasteiger partial charge in [-0.05, 0) is 24.9 Å². The molecule has 0 heterocycles. The minimum Gasteiger partial charge on any atom is -0.313 e. The van der Waals surface area contributed by atoms with Crippen LogP contribution in [0.3, 0.4) is 0 Å². The van der Waals surface area contributed by atoms with Crippen molar-refractivity contribution in [3.63, 3.8) is 0 Å². The van der Waals surface area contributed by atoms with Gasteiger partial charge in [0.05, 0.1) is 0 Å². The molecule has 0 aliphatic rings. The van der Waals surface area contributed by atoms with Crippen molar-refractivity contribution in [2.75, 3.05) is 13.1 Å². The largest absolute Gasteiger partial charge is 0.313 e. The molecule has 0 aliphatic carbocycles. The minimum absolute atomic E-state index is 0.992. The average Bonchev–Trinajstić information content (AvgIpc) is 2.46. The van der Waals surface area contributed by atoms with Gasteiger partial charge in [-0.15, -0.1) is 0 Å². The fourth-order valence-electron chi connectivity index (χ4n) is 2.06. The summed E-state index contributed by atoms with van der Waals surface area (Å²) in [5, 5.41) is 6.25. The van der Waals surface area contributed by atoms with Gasteiger partial charge in [0.25, 0.3) is 0 Å². The summed E-state index contributed by atoms with van der Waals surface area (Å²) in [6.07, 6.45) is 7.89. The third-order valence-corrected chi connectivity index (χ3v) is 3.34. The Labute approximate surface area is 121 Å². The van der Waals surface area contributed by atoms with E-state index in [-0.39, 0.29) is 0 Å². The molecule has 3 radical (unpaired) electrons. The monoisotopic (exact) mass is 276 g/mol. The predicted octanol–water partition coefficient (Wildman–Crippen LogP) is 2.29. The van der Waals surface area contributed by atoms with Gasteiger partial charge in [-0.2, -0.15) is 0 Å². The van der Waals surface area contributed by atoms with Crippen molar-refractivity contribution in [1.29, 1.82) is 0 Å². The molecule has 0 spiro atoms. The number of hydrogen-bond acceptors (Lipinski definition) is 3. The second-order valence-electron chi connectivity index (χ2n) is 4.84. The Morgan fingerprint density at radius 2 is 1.42 bits per heavy atom. The maximum absolute atomic E-state index is 3.50. The molecule has 3 nitrogen and oxygen atoms in total. The molecule has 0 unspecified atom stereocenters. The van der Waals surface area contributed by atoms with Crippen LogP contribution in [0.2, 0.25) is 0 Å². The van der Waals surface area contributed by atoms with Crippen molar-refractivity contribution in [1.82, 2.24) is 15.8 Å². The molecule has 0 atom stereocenters. The summed E-state index contributed by atoms with van der Waals surface area (Å²) in [6.45, 7) is 3.15. The van der Waals surface area contributed by atoms with Crippen molar-refractivity contribution in [2.24, 2.45) is 0 Å². The maximum Gasteiger partial charge on any atom is 0.161 e. The average molecular weight is 276 g/mol. The van der Waals surface area contributed by atoms with Crippen LogP contribution in [-0.4, -0.2) is 23.5 Å². The summed E-state index contributed by atoms with van der Waals surface area (Å²) in [7, 11) is 3.16. The third-order valence-electron chi connectivity index (χ3n) is 3.17. The molecule has 0 amide bonds. The van der Waals surface area contributed by atoms with Crippen LogP contribution in [0, 0.1) is 0 Å².